The van der Waals surface area contributed by atoms with Crippen LogP contribution in [0.4, 0.5) is 0 Å². The van der Waals surface area contributed by atoms with Crippen LogP contribution in [0.1, 0.15) is 27.9 Å². The molecule has 1 heterocycles. The summed E-state index contributed by atoms with van der Waals surface area (Å²) in [7, 11) is 0. The number of amides is 1. The maximum atomic E-state index is 12.3. The van der Waals surface area contributed by atoms with Crippen molar-refractivity contribution in [2.45, 2.75) is 19.3 Å². The number of piperazine rings is 1. The minimum Gasteiger partial charge on any atom is -0.336 e. The summed E-state index contributed by atoms with van der Waals surface area (Å²) in [5.41, 5.74) is 3.68. The summed E-state index contributed by atoms with van der Waals surface area (Å²) >= 11 is 0. The van der Waals surface area contributed by atoms with Gasteiger partial charge in [0.2, 0.25) is 0 Å². The van der Waals surface area contributed by atoms with Crippen LogP contribution in [0.2, 0.25) is 0 Å². The fraction of sp³-hybridized carbons (Fsp3) is 0.500. The molecular weight excluding hydrogens is 212 g/mol. The van der Waals surface area contributed by atoms with Crippen LogP contribution in [0.5, 0.6) is 0 Å². The molecule has 0 atom stereocenters. The van der Waals surface area contributed by atoms with Crippen molar-refractivity contribution >= 4 is 5.91 Å². The largest absolute Gasteiger partial charge is 0.336 e. The molecule has 1 fully saturated rings. The van der Waals surface area contributed by atoms with Crippen LogP contribution in [0, 0.1) is 0 Å². The van der Waals surface area contributed by atoms with Crippen molar-refractivity contribution in [1.82, 2.24) is 10.2 Å². The van der Waals surface area contributed by atoms with E-state index in [0.717, 1.165) is 38.2 Å². The molecule has 3 nitrogen and oxygen atoms in total. The summed E-state index contributed by atoms with van der Waals surface area (Å²) < 4.78 is 0. The third-order valence-corrected chi connectivity index (χ3v) is 3.75. The Kier molecular flexibility index (Phi) is 2.85. The zero-order valence-corrected chi connectivity index (χ0v) is 10.0. The van der Waals surface area contributed by atoms with Gasteiger partial charge in [-0.25, -0.2) is 0 Å². The van der Waals surface area contributed by atoms with E-state index in [2.05, 4.69) is 17.4 Å². The quantitative estimate of drug-likeness (QED) is 0.787. The molecule has 90 valence electrons. The number of carbonyl (C=O) groups is 1. The first kappa shape index (κ1) is 10.8. The number of carbonyl (C=O) groups excluding carboxylic acids is 1. The molecule has 17 heavy (non-hydrogen) atoms. The average molecular weight is 230 g/mol. The second-order valence-corrected chi connectivity index (χ2v) is 4.88. The van der Waals surface area contributed by atoms with Gasteiger partial charge in [-0.15, -0.1) is 0 Å². The molecule has 0 spiro atoms. The topological polar surface area (TPSA) is 32.3 Å². The average Bonchev–Trinajstić information content (AvgIpc) is 2.86. The highest BCUT2D eigenvalue weighted by molar-refractivity contribution is 5.94. The van der Waals surface area contributed by atoms with Gasteiger partial charge in [-0.2, -0.15) is 0 Å². The first-order chi connectivity index (χ1) is 8.34. The molecule has 1 aliphatic carbocycles. The first-order valence-electron chi connectivity index (χ1n) is 6.46. The highest BCUT2D eigenvalue weighted by Crippen LogP contribution is 2.23. The van der Waals surface area contributed by atoms with Gasteiger partial charge < -0.3 is 10.2 Å². The number of hydrogen-bond acceptors (Lipinski definition) is 2. The van der Waals surface area contributed by atoms with Gasteiger partial charge in [0.05, 0.1) is 0 Å². The van der Waals surface area contributed by atoms with Gasteiger partial charge in [0.1, 0.15) is 0 Å². The number of nitrogens with one attached hydrogen (secondary N) is 1. The van der Waals surface area contributed by atoms with Crippen molar-refractivity contribution in [3.63, 3.8) is 0 Å². The van der Waals surface area contributed by atoms with Crippen LogP contribution in [-0.2, 0) is 12.8 Å². The van der Waals surface area contributed by atoms with Crippen molar-refractivity contribution in [3.05, 3.63) is 34.9 Å². The molecule has 3 rings (SSSR count). The molecule has 1 aliphatic heterocycles. The van der Waals surface area contributed by atoms with Crippen molar-refractivity contribution < 1.29 is 4.79 Å². The fourth-order valence-electron chi connectivity index (χ4n) is 2.76. The monoisotopic (exact) mass is 230 g/mol. The van der Waals surface area contributed by atoms with E-state index in [-0.39, 0.29) is 5.91 Å². The molecule has 0 unspecified atom stereocenters. The second kappa shape index (κ2) is 4.49. The third kappa shape index (κ3) is 2.07. The van der Waals surface area contributed by atoms with Crippen molar-refractivity contribution in [1.29, 1.82) is 0 Å². The molecule has 1 aromatic carbocycles. The molecule has 0 radical (unpaired) electrons. The van der Waals surface area contributed by atoms with Gasteiger partial charge in [0.25, 0.3) is 5.91 Å². The Morgan fingerprint density at radius 1 is 1.12 bits per heavy atom. The molecular formula is C14H18N2O. The Hall–Kier alpha value is -1.35. The molecule has 2 aliphatic rings. The van der Waals surface area contributed by atoms with E-state index in [0.29, 0.717) is 0 Å². The normalized spacial score (nSPS) is 19.2. The van der Waals surface area contributed by atoms with E-state index in [1.165, 1.54) is 24.0 Å². The van der Waals surface area contributed by atoms with Crippen LogP contribution in [0.3, 0.4) is 0 Å². The summed E-state index contributed by atoms with van der Waals surface area (Å²) in [6, 6.07) is 6.24. The lowest BCUT2D eigenvalue weighted by atomic mass is 10.1. The predicted molar refractivity (Wildman–Crippen MR) is 67.2 cm³/mol. The number of nitrogens with zero attached hydrogens (tertiary/aromatic N) is 1. The predicted octanol–water partition coefficient (Wildman–Crippen LogP) is 1.22. The van der Waals surface area contributed by atoms with Crippen molar-refractivity contribution in [2.75, 3.05) is 26.2 Å². The number of fused-ring (bicyclic) bond motifs is 1. The summed E-state index contributed by atoms with van der Waals surface area (Å²) in [4.78, 5) is 14.2. The molecule has 1 aromatic rings. The van der Waals surface area contributed by atoms with Crippen LogP contribution >= 0.6 is 0 Å². The number of hydrogen-bond donors (Lipinski definition) is 1. The lowest BCUT2D eigenvalue weighted by Gasteiger charge is -2.27. The number of rotatable bonds is 1. The third-order valence-electron chi connectivity index (χ3n) is 3.75. The van der Waals surface area contributed by atoms with Crippen LogP contribution in [0.15, 0.2) is 18.2 Å². The Morgan fingerprint density at radius 3 is 2.71 bits per heavy atom. The van der Waals surface area contributed by atoms with Crippen LogP contribution < -0.4 is 5.32 Å². The highest BCUT2D eigenvalue weighted by atomic mass is 16.2. The van der Waals surface area contributed by atoms with E-state index in [1.807, 2.05) is 11.0 Å². The molecule has 1 amide bonds. The Labute approximate surface area is 102 Å². The van der Waals surface area contributed by atoms with Gasteiger partial charge in [0.15, 0.2) is 0 Å². The maximum absolute atomic E-state index is 12.3. The molecule has 1 N–H and O–H groups in total. The van der Waals surface area contributed by atoms with Gasteiger partial charge >= 0.3 is 0 Å². The smallest absolute Gasteiger partial charge is 0.253 e. The van der Waals surface area contributed by atoms with E-state index in [9.17, 15) is 4.79 Å². The highest BCUT2D eigenvalue weighted by Gasteiger charge is 2.19. The lowest BCUT2D eigenvalue weighted by molar-refractivity contribution is 0.0735. The van der Waals surface area contributed by atoms with E-state index in [4.69, 9.17) is 0 Å². The number of benzene rings is 1. The second-order valence-electron chi connectivity index (χ2n) is 4.88. The standard InChI is InChI=1S/C14H18N2O/c17-14(16-8-6-15-7-9-16)13-5-4-11-2-1-3-12(11)10-13/h4-5,10,15H,1-3,6-9H2. The van der Waals surface area contributed by atoms with Crippen molar-refractivity contribution in [3.8, 4) is 0 Å². The SMILES string of the molecule is O=C(c1ccc2c(c1)CCC2)N1CCNCC1. The first-order valence-corrected chi connectivity index (χ1v) is 6.46. The minimum absolute atomic E-state index is 0.196. The van der Waals surface area contributed by atoms with Gasteiger partial charge in [-0.1, -0.05) is 6.07 Å². The summed E-state index contributed by atoms with van der Waals surface area (Å²) in [5, 5.41) is 3.27. The zero-order chi connectivity index (χ0) is 11.7. The zero-order valence-electron chi connectivity index (χ0n) is 10.0. The van der Waals surface area contributed by atoms with E-state index < -0.39 is 0 Å². The number of aryl methyl sites for hydroxylation is 2. The van der Waals surface area contributed by atoms with Gasteiger partial charge in [-0.05, 0) is 42.5 Å². The Bertz CT molecular complexity index is 436. The van der Waals surface area contributed by atoms with Gasteiger partial charge in [0, 0.05) is 31.7 Å². The summed E-state index contributed by atoms with van der Waals surface area (Å²) in [5.74, 6) is 0.196. The molecule has 0 aromatic heterocycles. The van der Waals surface area contributed by atoms with Crippen molar-refractivity contribution in [2.24, 2.45) is 0 Å². The Morgan fingerprint density at radius 2 is 1.88 bits per heavy atom. The van der Waals surface area contributed by atoms with E-state index in [1.54, 1.807) is 0 Å². The maximum Gasteiger partial charge on any atom is 0.253 e. The van der Waals surface area contributed by atoms with Crippen LogP contribution in [0.25, 0.3) is 0 Å². The molecule has 0 saturated carbocycles. The summed E-state index contributed by atoms with van der Waals surface area (Å²) in [6.45, 7) is 3.49. The fourth-order valence-corrected chi connectivity index (χ4v) is 2.76. The van der Waals surface area contributed by atoms with E-state index >= 15 is 0 Å². The molecule has 1 saturated heterocycles. The lowest BCUT2D eigenvalue weighted by Crippen LogP contribution is -2.46. The van der Waals surface area contributed by atoms with Gasteiger partial charge in [-0.3, -0.25) is 4.79 Å². The van der Waals surface area contributed by atoms with Crippen LogP contribution in [-0.4, -0.2) is 37.0 Å². The molecule has 3 heteroatoms. The minimum atomic E-state index is 0.196. The molecule has 0 bridgehead atoms. The Balaban J connectivity index is 1.81. The summed E-state index contributed by atoms with van der Waals surface area (Å²) in [6.07, 6.45) is 3.55.